The van der Waals surface area contributed by atoms with Crippen molar-refractivity contribution in [2.24, 2.45) is 5.92 Å². The smallest absolute Gasteiger partial charge is 0.321 e. The Balaban J connectivity index is 1.60. The first-order valence-corrected chi connectivity index (χ1v) is 12.8. The second-order valence-corrected chi connectivity index (χ2v) is 9.77. The molecule has 4 rings (SSSR count). The molecule has 0 bridgehead atoms. The zero-order valence-electron chi connectivity index (χ0n) is 22.4. The van der Waals surface area contributed by atoms with Crippen molar-refractivity contribution in [3.63, 3.8) is 0 Å². The van der Waals surface area contributed by atoms with Gasteiger partial charge in [0, 0.05) is 42.5 Å². The largest absolute Gasteiger partial charge is 0.472 e. The molecule has 1 aliphatic rings. The normalized spacial score (nSPS) is 17.4. The van der Waals surface area contributed by atoms with Gasteiger partial charge in [-0.2, -0.15) is 0 Å². The van der Waals surface area contributed by atoms with Crippen LogP contribution in [-0.4, -0.2) is 70.7 Å². The minimum Gasteiger partial charge on any atom is -0.472 e. The molecule has 1 aliphatic heterocycles. The van der Waals surface area contributed by atoms with Gasteiger partial charge in [-0.3, -0.25) is 4.79 Å². The van der Waals surface area contributed by atoms with E-state index in [1.165, 1.54) is 47.5 Å². The summed E-state index contributed by atoms with van der Waals surface area (Å²) in [5.41, 5.74) is 1.68. The minimum atomic E-state index is -0.548. The van der Waals surface area contributed by atoms with Crippen LogP contribution in [-0.2, 0) is 0 Å². The van der Waals surface area contributed by atoms with Crippen LogP contribution in [0.5, 0.6) is 5.88 Å². The third kappa shape index (κ3) is 6.93. The first-order chi connectivity index (χ1) is 19.1. The third-order valence-electron chi connectivity index (χ3n) is 6.61. The van der Waals surface area contributed by atoms with Gasteiger partial charge in [0.05, 0.1) is 19.2 Å². The Kier molecular flexibility index (Phi) is 8.97. The summed E-state index contributed by atoms with van der Waals surface area (Å²) in [4.78, 5) is 33.8. The number of hydrogen-bond donors (Lipinski definition) is 2. The van der Waals surface area contributed by atoms with E-state index in [0.29, 0.717) is 16.8 Å². The fourth-order valence-corrected chi connectivity index (χ4v) is 4.17. The lowest BCUT2D eigenvalue weighted by atomic mass is 10.00. The van der Waals surface area contributed by atoms with Gasteiger partial charge in [0.2, 0.25) is 5.88 Å². The van der Waals surface area contributed by atoms with Crippen molar-refractivity contribution < 1.29 is 28.2 Å². The van der Waals surface area contributed by atoms with E-state index in [4.69, 9.17) is 4.74 Å². The number of carbonyl (C=O) groups is 2. The molecule has 10 heteroatoms. The summed E-state index contributed by atoms with van der Waals surface area (Å²) in [6.07, 6.45) is 0.935. The van der Waals surface area contributed by atoms with E-state index < -0.39 is 24.0 Å². The molecule has 40 heavy (non-hydrogen) atoms. The molecule has 0 aliphatic carbocycles. The molecule has 3 amide bonds. The van der Waals surface area contributed by atoms with Gasteiger partial charge < -0.3 is 25.0 Å². The lowest BCUT2D eigenvalue weighted by Crippen LogP contribution is -2.50. The molecule has 3 aromatic rings. The van der Waals surface area contributed by atoms with Crippen molar-refractivity contribution in [1.29, 1.82) is 0 Å². The van der Waals surface area contributed by atoms with E-state index in [9.17, 15) is 23.5 Å². The molecule has 0 radical (unpaired) electrons. The number of hydrogen-bond acceptors (Lipinski definition) is 5. The number of nitrogens with one attached hydrogen (secondary N) is 1. The Morgan fingerprint density at radius 1 is 1.15 bits per heavy atom. The molecule has 2 N–H and O–H groups in total. The Hall–Kier alpha value is -4.49. The summed E-state index contributed by atoms with van der Waals surface area (Å²) in [6, 6.07) is 11.9. The third-order valence-corrected chi connectivity index (χ3v) is 6.61. The maximum atomic E-state index is 13.6. The number of urea groups is 1. The van der Waals surface area contributed by atoms with Crippen LogP contribution >= 0.6 is 0 Å². The number of halogens is 2. The number of aliphatic hydroxyl groups is 1. The second kappa shape index (κ2) is 12.6. The van der Waals surface area contributed by atoms with Gasteiger partial charge in [-0.15, -0.1) is 0 Å². The van der Waals surface area contributed by atoms with E-state index in [1.807, 2.05) is 6.92 Å². The highest BCUT2D eigenvalue weighted by Crippen LogP contribution is 2.27. The van der Waals surface area contributed by atoms with Crippen molar-refractivity contribution in [1.82, 2.24) is 14.8 Å². The Bertz CT molecular complexity index is 1420. The van der Waals surface area contributed by atoms with Crippen LogP contribution in [0.25, 0.3) is 0 Å². The van der Waals surface area contributed by atoms with Gasteiger partial charge in [0.1, 0.15) is 23.3 Å². The fraction of sp³-hybridized carbons (Fsp3) is 0.300. The average molecular weight is 549 g/mol. The monoisotopic (exact) mass is 548 g/mol. The van der Waals surface area contributed by atoms with Crippen LogP contribution in [0.15, 0.2) is 60.8 Å². The number of ether oxygens (including phenoxy) is 1. The Labute approximate surface area is 231 Å². The lowest BCUT2D eigenvalue weighted by molar-refractivity contribution is 0.0356. The van der Waals surface area contributed by atoms with E-state index in [2.05, 4.69) is 22.1 Å². The minimum absolute atomic E-state index is 0.0939. The molecule has 0 spiro atoms. The topological polar surface area (TPSA) is 95.0 Å². The molecule has 0 saturated carbocycles. The van der Waals surface area contributed by atoms with Gasteiger partial charge in [-0.25, -0.2) is 18.6 Å². The molecule has 0 fully saturated rings. The SMILES string of the molecule is CC1CN(C(C)CO)C(=O)c2cc(C#Cc3ccc(F)cc3)cnc2OC1CN(C)C(=O)Nc1ccc(F)cc1. The van der Waals surface area contributed by atoms with Crippen molar-refractivity contribution in [3.8, 4) is 17.7 Å². The highest BCUT2D eigenvalue weighted by Gasteiger charge is 2.34. The second-order valence-electron chi connectivity index (χ2n) is 9.77. The maximum absolute atomic E-state index is 13.6. The van der Waals surface area contributed by atoms with Crippen molar-refractivity contribution in [2.75, 3.05) is 32.1 Å². The summed E-state index contributed by atoms with van der Waals surface area (Å²) in [6.45, 7) is 3.83. The fourth-order valence-electron chi connectivity index (χ4n) is 4.17. The maximum Gasteiger partial charge on any atom is 0.321 e. The van der Waals surface area contributed by atoms with Gasteiger partial charge in [-0.05, 0) is 61.5 Å². The predicted octanol–water partition coefficient (Wildman–Crippen LogP) is 4.14. The molecule has 0 saturated heterocycles. The number of benzene rings is 2. The summed E-state index contributed by atoms with van der Waals surface area (Å²) in [5, 5.41) is 12.6. The Morgan fingerprint density at radius 3 is 2.42 bits per heavy atom. The van der Waals surface area contributed by atoms with Crippen molar-refractivity contribution in [2.45, 2.75) is 26.0 Å². The molecule has 1 aromatic heterocycles. The van der Waals surface area contributed by atoms with Crippen LogP contribution in [0.3, 0.4) is 0 Å². The van der Waals surface area contributed by atoms with Crippen LogP contribution in [0.2, 0.25) is 0 Å². The van der Waals surface area contributed by atoms with Crippen LogP contribution in [0, 0.1) is 29.4 Å². The van der Waals surface area contributed by atoms with E-state index in [1.54, 1.807) is 37.1 Å². The number of pyridine rings is 1. The molecule has 2 aromatic carbocycles. The van der Waals surface area contributed by atoms with E-state index >= 15 is 0 Å². The highest BCUT2D eigenvalue weighted by atomic mass is 19.1. The van der Waals surface area contributed by atoms with Crippen molar-refractivity contribution >= 4 is 17.6 Å². The van der Waals surface area contributed by atoms with Crippen molar-refractivity contribution in [3.05, 3.63) is 89.1 Å². The molecule has 2 heterocycles. The number of rotatable bonds is 5. The molecule has 8 nitrogen and oxygen atoms in total. The van der Waals surface area contributed by atoms with Gasteiger partial charge in [-0.1, -0.05) is 18.8 Å². The molecule has 208 valence electrons. The van der Waals surface area contributed by atoms with E-state index in [-0.39, 0.29) is 48.8 Å². The first kappa shape index (κ1) is 28.5. The highest BCUT2D eigenvalue weighted by molar-refractivity contribution is 5.97. The van der Waals surface area contributed by atoms with Crippen LogP contribution < -0.4 is 10.1 Å². The average Bonchev–Trinajstić information content (AvgIpc) is 2.95. The number of fused-ring (bicyclic) bond motifs is 1. The zero-order chi connectivity index (χ0) is 28.8. The summed E-state index contributed by atoms with van der Waals surface area (Å²) < 4.78 is 32.6. The standard InChI is InChI=1S/C30H30F2N4O4/c1-19-16-36(20(2)18-37)29(38)26-14-22(5-4-21-6-8-23(31)9-7-21)15-33-28(26)40-27(19)17-35(3)30(39)34-25-12-10-24(32)11-13-25/h6-15,19-20,27,37H,16-18H2,1-3H3,(H,34,39). The number of aliphatic hydroxyl groups excluding tert-OH is 1. The molecular formula is C30H30F2N4O4. The number of anilines is 1. The van der Waals surface area contributed by atoms with E-state index in [0.717, 1.165) is 0 Å². The number of amides is 3. The predicted molar refractivity (Wildman–Crippen MR) is 146 cm³/mol. The molecular weight excluding hydrogens is 518 g/mol. The van der Waals surface area contributed by atoms with Gasteiger partial charge in [0.15, 0.2) is 0 Å². The summed E-state index contributed by atoms with van der Waals surface area (Å²) in [5.74, 6) is 4.60. The number of carbonyl (C=O) groups excluding carboxylic acids is 2. The summed E-state index contributed by atoms with van der Waals surface area (Å²) in [7, 11) is 1.61. The van der Waals surface area contributed by atoms with Crippen LogP contribution in [0.1, 0.15) is 35.3 Å². The lowest BCUT2D eigenvalue weighted by Gasteiger charge is -2.37. The number of aromatic nitrogens is 1. The molecule has 3 atom stereocenters. The van der Waals surface area contributed by atoms with Gasteiger partial charge in [0.25, 0.3) is 5.91 Å². The summed E-state index contributed by atoms with van der Waals surface area (Å²) >= 11 is 0. The number of nitrogens with zero attached hydrogens (tertiary/aromatic N) is 3. The molecule has 3 unspecified atom stereocenters. The first-order valence-electron chi connectivity index (χ1n) is 12.8. The van der Waals surface area contributed by atoms with Gasteiger partial charge >= 0.3 is 6.03 Å². The Morgan fingerprint density at radius 2 is 1.77 bits per heavy atom. The number of likely N-dealkylation sites (N-methyl/N-ethyl adjacent to an activating group) is 1. The quantitative estimate of drug-likeness (QED) is 0.468. The zero-order valence-corrected chi connectivity index (χ0v) is 22.4. The van der Waals surface area contributed by atoms with Crippen LogP contribution in [0.4, 0.5) is 19.3 Å².